The van der Waals surface area contributed by atoms with E-state index in [1.165, 1.54) is 0 Å². The largest absolute Gasteiger partial charge is 0.347 e. The van der Waals surface area contributed by atoms with E-state index in [1.54, 1.807) is 0 Å². The number of hydrogen-bond acceptors (Lipinski definition) is 2. The van der Waals surface area contributed by atoms with Gasteiger partial charge in [-0.2, -0.15) is 0 Å². The molecular formula is C15H22N2O. The third-order valence-electron chi connectivity index (χ3n) is 3.64. The highest BCUT2D eigenvalue weighted by atomic mass is 16.2. The molecule has 1 aliphatic heterocycles. The van der Waals surface area contributed by atoms with Crippen LogP contribution in [0.25, 0.3) is 0 Å². The molecule has 2 N–H and O–H groups in total. The summed E-state index contributed by atoms with van der Waals surface area (Å²) in [7, 11) is 0. The summed E-state index contributed by atoms with van der Waals surface area (Å²) in [5, 5.41) is 6.46. The molecule has 0 unspecified atom stereocenters. The van der Waals surface area contributed by atoms with E-state index in [1.807, 2.05) is 18.2 Å². The SMILES string of the molecule is CC(C)(NC(=O)C1CCNCC1)c1ccccc1. The van der Waals surface area contributed by atoms with Crippen LogP contribution in [-0.2, 0) is 10.3 Å². The van der Waals surface area contributed by atoms with Gasteiger partial charge < -0.3 is 10.6 Å². The topological polar surface area (TPSA) is 41.1 Å². The van der Waals surface area contributed by atoms with Crippen LogP contribution in [-0.4, -0.2) is 19.0 Å². The van der Waals surface area contributed by atoms with E-state index in [0.717, 1.165) is 31.5 Å². The lowest BCUT2D eigenvalue weighted by Crippen LogP contribution is -2.46. The Morgan fingerprint density at radius 3 is 2.44 bits per heavy atom. The Morgan fingerprint density at radius 2 is 1.83 bits per heavy atom. The molecule has 1 heterocycles. The number of nitrogens with one attached hydrogen (secondary N) is 2. The fraction of sp³-hybridized carbons (Fsp3) is 0.533. The van der Waals surface area contributed by atoms with E-state index in [-0.39, 0.29) is 17.4 Å². The minimum Gasteiger partial charge on any atom is -0.347 e. The molecule has 18 heavy (non-hydrogen) atoms. The predicted octanol–water partition coefficient (Wildman–Crippen LogP) is 2.04. The molecule has 98 valence electrons. The van der Waals surface area contributed by atoms with Crippen LogP contribution >= 0.6 is 0 Å². The van der Waals surface area contributed by atoms with Crippen molar-refractivity contribution in [2.24, 2.45) is 5.92 Å². The summed E-state index contributed by atoms with van der Waals surface area (Å²) in [4.78, 5) is 12.2. The van der Waals surface area contributed by atoms with Crippen LogP contribution < -0.4 is 10.6 Å². The minimum atomic E-state index is -0.302. The fourth-order valence-electron chi connectivity index (χ4n) is 2.42. The van der Waals surface area contributed by atoms with E-state index in [0.29, 0.717) is 0 Å². The van der Waals surface area contributed by atoms with Crippen molar-refractivity contribution >= 4 is 5.91 Å². The van der Waals surface area contributed by atoms with Gasteiger partial charge in [-0.25, -0.2) is 0 Å². The smallest absolute Gasteiger partial charge is 0.223 e. The van der Waals surface area contributed by atoms with E-state index in [2.05, 4.69) is 36.6 Å². The summed E-state index contributed by atoms with van der Waals surface area (Å²) in [6, 6.07) is 10.1. The molecule has 1 amide bonds. The molecule has 0 radical (unpaired) electrons. The van der Waals surface area contributed by atoms with Crippen LogP contribution in [0.4, 0.5) is 0 Å². The quantitative estimate of drug-likeness (QED) is 0.857. The first-order valence-electron chi connectivity index (χ1n) is 6.68. The predicted molar refractivity (Wildman–Crippen MR) is 73.2 cm³/mol. The summed E-state index contributed by atoms with van der Waals surface area (Å²) in [6.07, 6.45) is 1.88. The summed E-state index contributed by atoms with van der Waals surface area (Å²) < 4.78 is 0. The Balaban J connectivity index is 2.01. The summed E-state index contributed by atoms with van der Waals surface area (Å²) in [5.41, 5.74) is 0.843. The van der Waals surface area contributed by atoms with E-state index in [4.69, 9.17) is 0 Å². The maximum atomic E-state index is 12.2. The Labute approximate surface area is 109 Å². The van der Waals surface area contributed by atoms with Gasteiger partial charge >= 0.3 is 0 Å². The Morgan fingerprint density at radius 1 is 1.22 bits per heavy atom. The third-order valence-corrected chi connectivity index (χ3v) is 3.64. The number of piperidine rings is 1. The average molecular weight is 246 g/mol. The van der Waals surface area contributed by atoms with Crippen molar-refractivity contribution in [2.75, 3.05) is 13.1 Å². The molecule has 0 bridgehead atoms. The lowest BCUT2D eigenvalue weighted by atomic mass is 9.91. The summed E-state index contributed by atoms with van der Waals surface area (Å²) >= 11 is 0. The summed E-state index contributed by atoms with van der Waals surface area (Å²) in [6.45, 7) is 6.01. The number of benzene rings is 1. The molecule has 3 heteroatoms. The second-order valence-electron chi connectivity index (χ2n) is 5.50. The second kappa shape index (κ2) is 5.53. The van der Waals surface area contributed by atoms with Crippen molar-refractivity contribution in [3.8, 4) is 0 Å². The van der Waals surface area contributed by atoms with Crippen LogP contribution in [0.1, 0.15) is 32.3 Å². The molecular weight excluding hydrogens is 224 g/mol. The first kappa shape index (κ1) is 13.1. The molecule has 0 atom stereocenters. The van der Waals surface area contributed by atoms with Crippen molar-refractivity contribution in [1.82, 2.24) is 10.6 Å². The zero-order valence-electron chi connectivity index (χ0n) is 11.2. The first-order chi connectivity index (χ1) is 8.59. The zero-order chi connectivity index (χ0) is 13.0. The van der Waals surface area contributed by atoms with Gasteiger partial charge in [-0.05, 0) is 45.3 Å². The monoisotopic (exact) mass is 246 g/mol. The van der Waals surface area contributed by atoms with Crippen LogP contribution in [0.15, 0.2) is 30.3 Å². The number of carbonyl (C=O) groups excluding carboxylic acids is 1. The van der Waals surface area contributed by atoms with Crippen molar-refractivity contribution < 1.29 is 4.79 Å². The van der Waals surface area contributed by atoms with E-state index < -0.39 is 0 Å². The van der Waals surface area contributed by atoms with Crippen LogP contribution in [0.5, 0.6) is 0 Å². The number of rotatable bonds is 3. The van der Waals surface area contributed by atoms with Gasteiger partial charge in [-0.1, -0.05) is 30.3 Å². The molecule has 0 aromatic heterocycles. The van der Waals surface area contributed by atoms with Crippen LogP contribution in [0, 0.1) is 5.92 Å². The highest BCUT2D eigenvalue weighted by molar-refractivity contribution is 5.79. The lowest BCUT2D eigenvalue weighted by Gasteiger charge is -2.30. The molecule has 1 aromatic rings. The van der Waals surface area contributed by atoms with Crippen LogP contribution in [0.3, 0.4) is 0 Å². The highest BCUT2D eigenvalue weighted by Gasteiger charge is 2.27. The molecule has 3 nitrogen and oxygen atoms in total. The highest BCUT2D eigenvalue weighted by Crippen LogP contribution is 2.21. The van der Waals surface area contributed by atoms with Gasteiger partial charge in [0.1, 0.15) is 0 Å². The van der Waals surface area contributed by atoms with Gasteiger partial charge in [0.25, 0.3) is 0 Å². The van der Waals surface area contributed by atoms with Crippen molar-refractivity contribution in [3.63, 3.8) is 0 Å². The molecule has 0 saturated carbocycles. The van der Waals surface area contributed by atoms with Gasteiger partial charge in [-0.3, -0.25) is 4.79 Å². The van der Waals surface area contributed by atoms with Gasteiger partial charge in [0, 0.05) is 5.92 Å². The lowest BCUT2D eigenvalue weighted by molar-refractivity contribution is -0.127. The minimum absolute atomic E-state index is 0.161. The Hall–Kier alpha value is -1.35. The Kier molecular flexibility index (Phi) is 4.02. The van der Waals surface area contributed by atoms with Gasteiger partial charge in [0.2, 0.25) is 5.91 Å². The average Bonchev–Trinajstić information content (AvgIpc) is 2.40. The normalized spacial score (nSPS) is 17.4. The van der Waals surface area contributed by atoms with Crippen molar-refractivity contribution in [1.29, 1.82) is 0 Å². The van der Waals surface area contributed by atoms with E-state index in [9.17, 15) is 4.79 Å². The van der Waals surface area contributed by atoms with Gasteiger partial charge in [0.05, 0.1) is 5.54 Å². The number of hydrogen-bond donors (Lipinski definition) is 2. The standard InChI is InChI=1S/C15H22N2O/c1-15(2,13-6-4-3-5-7-13)17-14(18)12-8-10-16-11-9-12/h3-7,12,16H,8-11H2,1-2H3,(H,17,18). The zero-order valence-corrected chi connectivity index (χ0v) is 11.2. The van der Waals surface area contributed by atoms with E-state index >= 15 is 0 Å². The Bertz CT molecular complexity index is 394. The second-order valence-corrected chi connectivity index (χ2v) is 5.50. The number of carbonyl (C=O) groups is 1. The number of amides is 1. The molecule has 1 fully saturated rings. The van der Waals surface area contributed by atoms with Crippen LogP contribution in [0.2, 0.25) is 0 Å². The summed E-state index contributed by atoms with van der Waals surface area (Å²) in [5.74, 6) is 0.347. The molecule has 0 aliphatic carbocycles. The van der Waals surface area contributed by atoms with Crippen molar-refractivity contribution in [2.45, 2.75) is 32.2 Å². The third kappa shape index (κ3) is 3.10. The molecule has 1 aromatic carbocycles. The maximum Gasteiger partial charge on any atom is 0.223 e. The van der Waals surface area contributed by atoms with Gasteiger partial charge in [0.15, 0.2) is 0 Å². The van der Waals surface area contributed by atoms with Gasteiger partial charge in [-0.15, -0.1) is 0 Å². The molecule has 2 rings (SSSR count). The fourth-order valence-corrected chi connectivity index (χ4v) is 2.42. The molecule has 1 saturated heterocycles. The first-order valence-corrected chi connectivity index (χ1v) is 6.68. The van der Waals surface area contributed by atoms with Crippen molar-refractivity contribution in [3.05, 3.63) is 35.9 Å². The molecule has 0 spiro atoms. The molecule has 1 aliphatic rings. The maximum absolute atomic E-state index is 12.2.